The molecule has 124 valence electrons. The van der Waals surface area contributed by atoms with E-state index in [1.54, 1.807) is 0 Å². The molecule has 4 heteroatoms. The third kappa shape index (κ3) is 6.44. The first-order valence-corrected chi connectivity index (χ1v) is 10.3. The molecule has 0 amide bonds. The number of unbranched alkanes of at least 4 members (excludes halogenated alkanes) is 1. The smallest absolute Gasteiger partial charge is 0.374 e. The molecule has 0 N–H and O–H groups in total. The molecular formula is C18H30O3Si. The molecule has 1 aromatic carbocycles. The van der Waals surface area contributed by atoms with Gasteiger partial charge in [-0.15, -0.1) is 0 Å². The standard InChI is InChI=1S/C18H30O3Si/c1-5-17-12-14-18(15-13-17)11-9-10-16-22(19-6-2,20-7-3)21-8-4/h5,12-15H,1,6-11,16H2,2-4H3. The highest BCUT2D eigenvalue weighted by atomic mass is 28.4. The van der Waals surface area contributed by atoms with E-state index >= 15 is 0 Å². The number of benzene rings is 1. The maximum atomic E-state index is 5.88. The first-order valence-electron chi connectivity index (χ1n) is 8.33. The van der Waals surface area contributed by atoms with Crippen molar-refractivity contribution < 1.29 is 13.3 Å². The molecule has 22 heavy (non-hydrogen) atoms. The minimum atomic E-state index is -2.46. The molecule has 0 aliphatic carbocycles. The zero-order valence-corrected chi connectivity index (χ0v) is 15.3. The lowest BCUT2D eigenvalue weighted by Gasteiger charge is -2.28. The van der Waals surface area contributed by atoms with E-state index in [2.05, 4.69) is 30.8 Å². The van der Waals surface area contributed by atoms with Crippen molar-refractivity contribution in [1.82, 2.24) is 0 Å². The van der Waals surface area contributed by atoms with Crippen molar-refractivity contribution in [2.45, 2.75) is 46.1 Å². The molecule has 3 nitrogen and oxygen atoms in total. The van der Waals surface area contributed by atoms with Gasteiger partial charge in [-0.05, 0) is 51.2 Å². The normalized spacial score (nSPS) is 11.6. The van der Waals surface area contributed by atoms with Gasteiger partial charge in [0.1, 0.15) is 0 Å². The maximum Gasteiger partial charge on any atom is 0.500 e. The molecule has 0 aromatic heterocycles. The predicted octanol–water partition coefficient (Wildman–Crippen LogP) is 4.70. The molecule has 0 atom stereocenters. The summed E-state index contributed by atoms with van der Waals surface area (Å²) in [7, 11) is -2.46. The van der Waals surface area contributed by atoms with Crippen molar-refractivity contribution >= 4 is 14.9 Å². The van der Waals surface area contributed by atoms with Crippen LogP contribution in [0.4, 0.5) is 0 Å². The van der Waals surface area contributed by atoms with Crippen molar-refractivity contribution in [2.75, 3.05) is 19.8 Å². The third-order valence-corrected chi connectivity index (χ3v) is 6.66. The lowest BCUT2D eigenvalue weighted by Crippen LogP contribution is -2.45. The molecule has 0 radical (unpaired) electrons. The van der Waals surface area contributed by atoms with Gasteiger partial charge in [0.2, 0.25) is 0 Å². The van der Waals surface area contributed by atoms with Crippen LogP contribution < -0.4 is 0 Å². The molecule has 0 aliphatic heterocycles. The van der Waals surface area contributed by atoms with Crippen LogP contribution in [0.15, 0.2) is 30.8 Å². The maximum absolute atomic E-state index is 5.88. The Balaban J connectivity index is 2.45. The van der Waals surface area contributed by atoms with Crippen molar-refractivity contribution in [3.05, 3.63) is 42.0 Å². The molecule has 0 spiro atoms. The average Bonchev–Trinajstić information content (AvgIpc) is 2.53. The summed E-state index contributed by atoms with van der Waals surface area (Å²) in [6.45, 7) is 11.7. The Morgan fingerprint density at radius 1 is 0.909 bits per heavy atom. The van der Waals surface area contributed by atoms with E-state index in [4.69, 9.17) is 13.3 Å². The van der Waals surface area contributed by atoms with E-state index in [-0.39, 0.29) is 0 Å². The lowest BCUT2D eigenvalue weighted by molar-refractivity contribution is 0.0707. The lowest BCUT2D eigenvalue weighted by atomic mass is 10.1. The molecule has 0 bridgehead atoms. The summed E-state index contributed by atoms with van der Waals surface area (Å²) in [6, 6.07) is 9.47. The molecular weight excluding hydrogens is 292 g/mol. The topological polar surface area (TPSA) is 27.7 Å². The highest BCUT2D eigenvalue weighted by Crippen LogP contribution is 2.20. The SMILES string of the molecule is C=Cc1ccc(CCCC[Si](OCC)(OCC)OCC)cc1. The van der Waals surface area contributed by atoms with Crippen LogP contribution in [0.25, 0.3) is 6.08 Å². The molecule has 1 aromatic rings. The van der Waals surface area contributed by atoms with Gasteiger partial charge in [-0.3, -0.25) is 0 Å². The van der Waals surface area contributed by atoms with Gasteiger partial charge in [0, 0.05) is 25.9 Å². The minimum Gasteiger partial charge on any atom is -0.374 e. The average molecular weight is 323 g/mol. The highest BCUT2D eigenvalue weighted by Gasteiger charge is 2.39. The van der Waals surface area contributed by atoms with E-state index in [9.17, 15) is 0 Å². The zero-order chi connectivity index (χ0) is 16.3. The minimum absolute atomic E-state index is 0.648. The summed E-state index contributed by atoms with van der Waals surface area (Å²) in [5, 5.41) is 0. The van der Waals surface area contributed by atoms with Crippen molar-refractivity contribution in [1.29, 1.82) is 0 Å². The number of rotatable bonds is 12. The fraction of sp³-hybridized carbons (Fsp3) is 0.556. The summed E-state index contributed by atoms with van der Waals surface area (Å²) in [6.07, 6.45) is 5.13. The molecule has 0 heterocycles. The van der Waals surface area contributed by atoms with Crippen molar-refractivity contribution in [3.63, 3.8) is 0 Å². The second-order valence-corrected chi connectivity index (χ2v) is 7.87. The molecule has 0 fully saturated rings. The van der Waals surface area contributed by atoms with Gasteiger partial charge >= 0.3 is 8.80 Å². The van der Waals surface area contributed by atoms with Crippen molar-refractivity contribution in [3.8, 4) is 0 Å². The predicted molar refractivity (Wildman–Crippen MR) is 94.9 cm³/mol. The molecule has 0 unspecified atom stereocenters. The summed E-state index contributed by atoms with van der Waals surface area (Å²) in [4.78, 5) is 0. The molecule has 0 saturated heterocycles. The first-order chi connectivity index (χ1) is 10.7. The molecule has 0 saturated carbocycles. The Morgan fingerprint density at radius 2 is 1.45 bits per heavy atom. The van der Waals surface area contributed by atoms with Gasteiger partial charge in [0.05, 0.1) is 0 Å². The molecule has 1 rings (SSSR count). The number of hydrogen-bond acceptors (Lipinski definition) is 3. The Bertz CT molecular complexity index is 400. The van der Waals surface area contributed by atoms with Crippen LogP contribution in [0.3, 0.4) is 0 Å². The van der Waals surface area contributed by atoms with Crippen LogP contribution in [0.1, 0.15) is 44.7 Å². The fourth-order valence-corrected chi connectivity index (χ4v) is 5.18. The van der Waals surface area contributed by atoms with Crippen LogP contribution in [0, 0.1) is 0 Å². The van der Waals surface area contributed by atoms with Crippen LogP contribution >= 0.6 is 0 Å². The zero-order valence-electron chi connectivity index (χ0n) is 14.3. The Hall–Kier alpha value is -0.943. The van der Waals surface area contributed by atoms with E-state index in [0.717, 1.165) is 25.3 Å². The highest BCUT2D eigenvalue weighted by molar-refractivity contribution is 6.60. The van der Waals surface area contributed by atoms with Gasteiger partial charge in [-0.25, -0.2) is 0 Å². The van der Waals surface area contributed by atoms with Gasteiger partial charge < -0.3 is 13.3 Å². The van der Waals surface area contributed by atoms with Gasteiger partial charge in [0.25, 0.3) is 0 Å². The van der Waals surface area contributed by atoms with E-state index in [0.29, 0.717) is 19.8 Å². The van der Waals surface area contributed by atoms with E-state index in [1.165, 1.54) is 11.1 Å². The van der Waals surface area contributed by atoms with E-state index in [1.807, 2.05) is 26.8 Å². The first kappa shape index (κ1) is 19.1. The van der Waals surface area contributed by atoms with Gasteiger partial charge in [-0.2, -0.15) is 0 Å². The van der Waals surface area contributed by atoms with Gasteiger partial charge in [0.15, 0.2) is 0 Å². The summed E-state index contributed by atoms with van der Waals surface area (Å²) in [5.41, 5.74) is 2.53. The van der Waals surface area contributed by atoms with Gasteiger partial charge in [-0.1, -0.05) is 36.9 Å². The second kappa shape index (κ2) is 10.7. The van der Waals surface area contributed by atoms with Crippen LogP contribution in [0.5, 0.6) is 0 Å². The van der Waals surface area contributed by atoms with Crippen LogP contribution in [-0.2, 0) is 19.7 Å². The van der Waals surface area contributed by atoms with Crippen molar-refractivity contribution in [2.24, 2.45) is 0 Å². The largest absolute Gasteiger partial charge is 0.500 e. The quantitative estimate of drug-likeness (QED) is 0.412. The second-order valence-electron chi connectivity index (χ2n) is 5.13. The third-order valence-electron chi connectivity index (χ3n) is 3.51. The monoisotopic (exact) mass is 322 g/mol. The van der Waals surface area contributed by atoms with Crippen LogP contribution in [-0.4, -0.2) is 28.6 Å². The Labute approximate surface area is 136 Å². The molecule has 0 aliphatic rings. The number of hydrogen-bond donors (Lipinski definition) is 0. The number of aryl methyl sites for hydroxylation is 1. The summed E-state index contributed by atoms with van der Waals surface area (Å²) >= 11 is 0. The van der Waals surface area contributed by atoms with Crippen LogP contribution in [0.2, 0.25) is 6.04 Å². The Morgan fingerprint density at radius 3 is 1.91 bits per heavy atom. The summed E-state index contributed by atoms with van der Waals surface area (Å²) in [5.74, 6) is 0. The summed E-state index contributed by atoms with van der Waals surface area (Å²) < 4.78 is 17.6. The Kier molecular flexibility index (Phi) is 9.32. The fourth-order valence-electron chi connectivity index (χ4n) is 2.49. The van der Waals surface area contributed by atoms with E-state index < -0.39 is 8.80 Å².